The van der Waals surface area contributed by atoms with Crippen LogP contribution in [0.2, 0.25) is 0 Å². The van der Waals surface area contributed by atoms with Crippen LogP contribution in [-0.4, -0.2) is 9.97 Å². The van der Waals surface area contributed by atoms with Gasteiger partial charge in [-0.3, -0.25) is 0 Å². The van der Waals surface area contributed by atoms with Crippen molar-refractivity contribution >= 4 is 11.5 Å². The number of aromatic nitrogens is 2. The first-order valence-corrected chi connectivity index (χ1v) is 5.58. The number of hydrogen-bond acceptors (Lipinski definition) is 4. The molecule has 0 aliphatic heterocycles. The van der Waals surface area contributed by atoms with E-state index in [9.17, 15) is 13.2 Å². The van der Waals surface area contributed by atoms with Gasteiger partial charge in [0.1, 0.15) is 6.07 Å². The molecule has 0 fully saturated rings. The van der Waals surface area contributed by atoms with E-state index in [4.69, 9.17) is 5.26 Å². The standard InChI is InChI=1S/C13H9F3N4/c1-8-2-3-9(6-10(8)13(14,15)16)20-12-11(7-17)18-4-5-19-12/h2-6H,1H3,(H,19,20). The minimum Gasteiger partial charge on any atom is -0.338 e. The van der Waals surface area contributed by atoms with E-state index >= 15 is 0 Å². The fourth-order valence-corrected chi connectivity index (χ4v) is 1.65. The SMILES string of the molecule is Cc1ccc(Nc2nccnc2C#N)cc1C(F)(F)F. The molecular formula is C13H9F3N4. The molecule has 4 nitrogen and oxygen atoms in total. The first-order valence-electron chi connectivity index (χ1n) is 5.58. The van der Waals surface area contributed by atoms with Gasteiger partial charge in [0.05, 0.1) is 5.56 Å². The highest BCUT2D eigenvalue weighted by molar-refractivity contribution is 5.62. The summed E-state index contributed by atoms with van der Waals surface area (Å²) in [5.74, 6) is 0.118. The Balaban J connectivity index is 2.38. The van der Waals surface area contributed by atoms with Crippen LogP contribution in [0.1, 0.15) is 16.8 Å². The number of nitrogens with zero attached hydrogens (tertiary/aromatic N) is 3. The zero-order valence-electron chi connectivity index (χ0n) is 10.4. The van der Waals surface area contributed by atoms with Gasteiger partial charge < -0.3 is 5.32 Å². The third-order valence-corrected chi connectivity index (χ3v) is 2.61. The maximum Gasteiger partial charge on any atom is 0.416 e. The van der Waals surface area contributed by atoms with Crippen molar-refractivity contribution in [3.8, 4) is 6.07 Å². The molecule has 0 radical (unpaired) electrons. The summed E-state index contributed by atoms with van der Waals surface area (Å²) in [5.41, 5.74) is -0.394. The Bertz CT molecular complexity index is 674. The van der Waals surface area contributed by atoms with Crippen molar-refractivity contribution in [2.75, 3.05) is 5.32 Å². The molecule has 102 valence electrons. The molecule has 0 aliphatic rings. The van der Waals surface area contributed by atoms with Crippen LogP contribution in [0.15, 0.2) is 30.6 Å². The summed E-state index contributed by atoms with van der Waals surface area (Å²) in [7, 11) is 0. The molecule has 0 amide bonds. The largest absolute Gasteiger partial charge is 0.416 e. The van der Waals surface area contributed by atoms with E-state index in [2.05, 4.69) is 15.3 Å². The molecule has 0 atom stereocenters. The van der Waals surface area contributed by atoms with Crippen LogP contribution in [0, 0.1) is 18.3 Å². The van der Waals surface area contributed by atoms with Crippen LogP contribution < -0.4 is 5.32 Å². The van der Waals surface area contributed by atoms with Gasteiger partial charge >= 0.3 is 6.18 Å². The molecule has 1 aromatic heterocycles. The Morgan fingerprint density at radius 2 is 1.90 bits per heavy atom. The molecule has 2 aromatic rings. The number of benzene rings is 1. The van der Waals surface area contributed by atoms with Crippen molar-refractivity contribution in [1.29, 1.82) is 5.26 Å². The van der Waals surface area contributed by atoms with E-state index in [1.807, 2.05) is 6.07 Å². The molecular weight excluding hydrogens is 269 g/mol. The lowest BCUT2D eigenvalue weighted by molar-refractivity contribution is -0.138. The fourth-order valence-electron chi connectivity index (χ4n) is 1.65. The summed E-state index contributed by atoms with van der Waals surface area (Å²) in [6.07, 6.45) is -1.75. The first kappa shape index (κ1) is 13.8. The van der Waals surface area contributed by atoms with Crippen LogP contribution in [0.5, 0.6) is 0 Å². The number of alkyl halides is 3. The normalized spacial score (nSPS) is 10.9. The Hall–Kier alpha value is -2.62. The van der Waals surface area contributed by atoms with Crippen molar-refractivity contribution in [2.45, 2.75) is 13.1 Å². The van der Waals surface area contributed by atoms with Gasteiger partial charge in [-0.05, 0) is 24.6 Å². The Morgan fingerprint density at radius 1 is 1.20 bits per heavy atom. The molecule has 0 saturated heterocycles. The highest BCUT2D eigenvalue weighted by atomic mass is 19.4. The van der Waals surface area contributed by atoms with E-state index in [0.29, 0.717) is 0 Å². The van der Waals surface area contributed by atoms with Gasteiger partial charge in [0.25, 0.3) is 0 Å². The van der Waals surface area contributed by atoms with Crippen LogP contribution in [0.3, 0.4) is 0 Å². The minimum atomic E-state index is -4.43. The van der Waals surface area contributed by atoms with Crippen LogP contribution in [0.25, 0.3) is 0 Å². The minimum absolute atomic E-state index is 0.0154. The van der Waals surface area contributed by atoms with Crippen molar-refractivity contribution < 1.29 is 13.2 Å². The highest BCUT2D eigenvalue weighted by Crippen LogP contribution is 2.34. The predicted octanol–water partition coefficient (Wildman–Crippen LogP) is 3.42. The van der Waals surface area contributed by atoms with E-state index in [1.165, 1.54) is 31.5 Å². The van der Waals surface area contributed by atoms with Gasteiger partial charge in [0.15, 0.2) is 11.5 Å². The van der Waals surface area contributed by atoms with E-state index in [1.54, 1.807) is 0 Å². The van der Waals surface area contributed by atoms with E-state index in [-0.39, 0.29) is 22.8 Å². The second kappa shape index (κ2) is 5.17. The molecule has 0 spiro atoms. The van der Waals surface area contributed by atoms with Crippen LogP contribution in [0.4, 0.5) is 24.7 Å². The number of hydrogen-bond donors (Lipinski definition) is 1. The summed E-state index contributed by atoms with van der Waals surface area (Å²) in [4.78, 5) is 7.66. The summed E-state index contributed by atoms with van der Waals surface area (Å²) in [6, 6.07) is 5.63. The molecule has 0 saturated carbocycles. The summed E-state index contributed by atoms with van der Waals surface area (Å²) in [6.45, 7) is 1.38. The fraction of sp³-hybridized carbons (Fsp3) is 0.154. The van der Waals surface area contributed by atoms with Crippen molar-refractivity contribution in [3.63, 3.8) is 0 Å². The molecule has 20 heavy (non-hydrogen) atoms. The maximum atomic E-state index is 12.8. The third kappa shape index (κ3) is 2.85. The zero-order chi connectivity index (χ0) is 14.8. The van der Waals surface area contributed by atoms with Crippen molar-refractivity contribution in [2.24, 2.45) is 0 Å². The summed E-state index contributed by atoms with van der Waals surface area (Å²) < 4.78 is 38.4. The zero-order valence-corrected chi connectivity index (χ0v) is 10.4. The number of aryl methyl sites for hydroxylation is 1. The summed E-state index contributed by atoms with van der Waals surface area (Å²) >= 11 is 0. The Labute approximate surface area is 112 Å². The molecule has 0 aliphatic carbocycles. The van der Waals surface area contributed by atoms with Gasteiger partial charge in [-0.1, -0.05) is 6.07 Å². The molecule has 1 N–H and O–H groups in total. The molecule has 1 heterocycles. The number of rotatable bonds is 2. The number of nitriles is 1. The lowest BCUT2D eigenvalue weighted by Crippen LogP contribution is -2.08. The molecule has 2 rings (SSSR count). The third-order valence-electron chi connectivity index (χ3n) is 2.61. The maximum absolute atomic E-state index is 12.8. The number of anilines is 2. The smallest absolute Gasteiger partial charge is 0.338 e. The van der Waals surface area contributed by atoms with E-state index < -0.39 is 11.7 Å². The van der Waals surface area contributed by atoms with Gasteiger partial charge in [-0.2, -0.15) is 18.4 Å². The average molecular weight is 278 g/mol. The van der Waals surface area contributed by atoms with Crippen LogP contribution in [-0.2, 0) is 6.18 Å². The molecule has 0 unspecified atom stereocenters. The van der Waals surface area contributed by atoms with Gasteiger partial charge in [-0.15, -0.1) is 0 Å². The quantitative estimate of drug-likeness (QED) is 0.914. The lowest BCUT2D eigenvalue weighted by Gasteiger charge is -2.13. The van der Waals surface area contributed by atoms with Gasteiger partial charge in [0.2, 0.25) is 0 Å². The Morgan fingerprint density at radius 3 is 2.55 bits per heavy atom. The number of halogens is 3. The summed E-state index contributed by atoms with van der Waals surface area (Å²) in [5, 5.41) is 11.5. The lowest BCUT2D eigenvalue weighted by atomic mass is 10.1. The number of nitrogens with one attached hydrogen (secondary N) is 1. The molecule has 1 aromatic carbocycles. The topological polar surface area (TPSA) is 61.6 Å². The second-order valence-electron chi connectivity index (χ2n) is 4.02. The predicted molar refractivity (Wildman–Crippen MR) is 66.2 cm³/mol. The molecule has 7 heteroatoms. The van der Waals surface area contributed by atoms with Gasteiger partial charge in [0, 0.05) is 18.1 Å². The Kier molecular flexibility index (Phi) is 3.57. The monoisotopic (exact) mass is 278 g/mol. The highest BCUT2D eigenvalue weighted by Gasteiger charge is 2.32. The second-order valence-corrected chi connectivity index (χ2v) is 4.02. The van der Waals surface area contributed by atoms with Gasteiger partial charge in [-0.25, -0.2) is 9.97 Å². The van der Waals surface area contributed by atoms with Crippen LogP contribution >= 0.6 is 0 Å². The average Bonchev–Trinajstić information content (AvgIpc) is 2.40. The molecule has 0 bridgehead atoms. The van der Waals surface area contributed by atoms with Crippen molar-refractivity contribution in [3.05, 3.63) is 47.4 Å². The van der Waals surface area contributed by atoms with E-state index in [0.717, 1.165) is 6.07 Å². The van der Waals surface area contributed by atoms with Crippen molar-refractivity contribution in [1.82, 2.24) is 9.97 Å². The first-order chi connectivity index (χ1) is 9.41.